The van der Waals surface area contributed by atoms with Crippen LogP contribution in [-0.2, 0) is 4.79 Å². The van der Waals surface area contributed by atoms with Gasteiger partial charge in [0.1, 0.15) is 23.9 Å². The smallest absolute Gasteiger partial charge is 0.547 e. The second-order valence-corrected chi connectivity index (χ2v) is 6.12. The predicted molar refractivity (Wildman–Crippen MR) is 82.3 cm³/mol. The normalized spacial score (nSPS) is 17.4. The number of carboxylic acids is 1. The van der Waals surface area contributed by atoms with Crippen LogP contribution >= 0.6 is 0 Å². The molecule has 0 aliphatic carbocycles. The van der Waals surface area contributed by atoms with Crippen LogP contribution in [0.2, 0.25) is 0 Å². The molecule has 0 spiro atoms. The first-order chi connectivity index (χ1) is 10.8. The van der Waals surface area contributed by atoms with Gasteiger partial charge in [0.25, 0.3) is 0 Å². The van der Waals surface area contributed by atoms with Crippen LogP contribution in [0.3, 0.4) is 0 Å². The fourth-order valence-corrected chi connectivity index (χ4v) is 2.50. The Morgan fingerprint density at radius 1 is 1.00 bits per heavy atom. The number of unbranched alkanes of at least 4 members (excludes halogenated alkanes) is 7. The molecule has 0 bridgehead atoms. The van der Waals surface area contributed by atoms with Gasteiger partial charge in [-0.25, -0.2) is 0 Å². The molecule has 0 aliphatic heterocycles. The van der Waals surface area contributed by atoms with E-state index in [9.17, 15) is 30.3 Å². The predicted octanol–water partition coefficient (Wildman–Crippen LogP) is -3.92. The average Bonchev–Trinajstić information content (AvgIpc) is 2.54. The van der Waals surface area contributed by atoms with Crippen LogP contribution in [0.15, 0.2) is 0 Å². The fraction of sp³-hybridized carbons (Fsp3) is 0.938. The zero-order valence-electron chi connectivity index (χ0n) is 14.9. The van der Waals surface area contributed by atoms with Crippen LogP contribution in [0.25, 0.3) is 0 Å². The summed E-state index contributed by atoms with van der Waals surface area (Å²) in [6.07, 6.45) is 1.45. The topological polar surface area (TPSA) is 141 Å². The van der Waals surface area contributed by atoms with E-state index in [0.717, 1.165) is 19.3 Å². The molecule has 0 amide bonds. The summed E-state index contributed by atoms with van der Waals surface area (Å²) in [6.45, 7) is 1.27. The largest absolute Gasteiger partial charge is 1.00 e. The standard InChI is InChI=1S/C16H32O7.Na/c1-2-3-4-5-6-7-8-9-10-16(23,15(21)22)14(20)13(19)12(18)11-17;/h12-14,17-20,23H,2-11H2,1H3,(H,21,22);/q;+1/p-1. The van der Waals surface area contributed by atoms with Crippen LogP contribution < -0.4 is 34.7 Å². The zero-order chi connectivity index (χ0) is 17.9. The Labute approximate surface area is 166 Å². The van der Waals surface area contributed by atoms with Crippen molar-refractivity contribution >= 4 is 5.97 Å². The minimum absolute atomic E-state index is 0. The monoisotopic (exact) mass is 358 g/mol. The summed E-state index contributed by atoms with van der Waals surface area (Å²) >= 11 is 0. The van der Waals surface area contributed by atoms with Gasteiger partial charge in [0, 0.05) is 0 Å². The fourth-order valence-electron chi connectivity index (χ4n) is 2.50. The van der Waals surface area contributed by atoms with Gasteiger partial charge in [0.2, 0.25) is 0 Å². The molecule has 0 rings (SSSR count). The van der Waals surface area contributed by atoms with Crippen LogP contribution in [0.5, 0.6) is 0 Å². The molecule has 24 heavy (non-hydrogen) atoms. The van der Waals surface area contributed by atoms with E-state index >= 15 is 0 Å². The van der Waals surface area contributed by atoms with E-state index in [0.29, 0.717) is 12.8 Å². The van der Waals surface area contributed by atoms with E-state index in [1.165, 1.54) is 19.3 Å². The summed E-state index contributed by atoms with van der Waals surface area (Å²) in [6, 6.07) is 0. The second kappa shape index (κ2) is 14.4. The van der Waals surface area contributed by atoms with Crippen molar-refractivity contribution in [2.45, 2.75) is 88.6 Å². The van der Waals surface area contributed by atoms with Crippen LogP contribution in [-0.4, -0.2) is 62.0 Å². The first kappa shape index (κ1) is 26.5. The molecule has 8 heteroatoms. The van der Waals surface area contributed by atoms with Crippen LogP contribution in [0, 0.1) is 0 Å². The number of hydrogen-bond acceptors (Lipinski definition) is 7. The third-order valence-electron chi connectivity index (χ3n) is 4.16. The summed E-state index contributed by atoms with van der Waals surface area (Å²) in [5, 5.41) is 58.6. The molecular weight excluding hydrogens is 327 g/mol. The molecule has 0 fully saturated rings. The number of aliphatic hydroxyl groups is 5. The van der Waals surface area contributed by atoms with Crippen LogP contribution in [0.4, 0.5) is 0 Å². The Balaban J connectivity index is 0. The molecule has 7 nitrogen and oxygen atoms in total. The molecule has 138 valence electrons. The van der Waals surface area contributed by atoms with Crippen molar-refractivity contribution in [3.05, 3.63) is 0 Å². The quantitative estimate of drug-likeness (QED) is 0.158. The SMILES string of the molecule is CCCCCCCCCCC(O)(C(=O)[O-])C(O)C(O)C(O)CO.[Na+]. The average molecular weight is 358 g/mol. The molecule has 0 aromatic heterocycles. The van der Waals surface area contributed by atoms with Crippen LogP contribution in [0.1, 0.15) is 64.7 Å². The van der Waals surface area contributed by atoms with Crippen molar-refractivity contribution in [1.82, 2.24) is 0 Å². The molecular formula is C16H31NaO7. The van der Waals surface area contributed by atoms with Crippen molar-refractivity contribution in [2.24, 2.45) is 0 Å². The maximum atomic E-state index is 11.1. The minimum Gasteiger partial charge on any atom is -0.547 e. The van der Waals surface area contributed by atoms with E-state index in [4.69, 9.17) is 5.11 Å². The van der Waals surface area contributed by atoms with Gasteiger partial charge in [-0.05, 0) is 6.42 Å². The summed E-state index contributed by atoms with van der Waals surface area (Å²) in [7, 11) is 0. The third kappa shape index (κ3) is 9.10. The second-order valence-electron chi connectivity index (χ2n) is 6.12. The Kier molecular flexibility index (Phi) is 15.9. The molecule has 0 radical (unpaired) electrons. The number of rotatable bonds is 14. The molecule has 4 atom stereocenters. The van der Waals surface area contributed by atoms with Crippen molar-refractivity contribution < 1.29 is 65.0 Å². The van der Waals surface area contributed by atoms with Gasteiger partial charge in [-0.1, -0.05) is 58.3 Å². The molecule has 0 aromatic carbocycles. The summed E-state index contributed by atoms with van der Waals surface area (Å²) in [5.41, 5.74) is -2.65. The van der Waals surface area contributed by atoms with Gasteiger partial charge in [-0.2, -0.15) is 0 Å². The van der Waals surface area contributed by atoms with E-state index in [2.05, 4.69) is 6.92 Å². The van der Waals surface area contributed by atoms with Gasteiger partial charge in [-0.3, -0.25) is 0 Å². The Morgan fingerprint density at radius 2 is 1.46 bits per heavy atom. The van der Waals surface area contributed by atoms with Crippen molar-refractivity contribution in [3.8, 4) is 0 Å². The number of aliphatic carboxylic acids is 1. The van der Waals surface area contributed by atoms with Crippen molar-refractivity contribution in [1.29, 1.82) is 0 Å². The number of hydrogen-bond donors (Lipinski definition) is 5. The molecule has 5 N–H and O–H groups in total. The Morgan fingerprint density at radius 3 is 1.88 bits per heavy atom. The number of carboxylic acid groups (broad SMARTS) is 1. The molecule has 4 unspecified atom stereocenters. The van der Waals surface area contributed by atoms with Gasteiger partial charge >= 0.3 is 29.6 Å². The summed E-state index contributed by atoms with van der Waals surface area (Å²) < 4.78 is 0. The summed E-state index contributed by atoms with van der Waals surface area (Å²) in [4.78, 5) is 11.1. The van der Waals surface area contributed by atoms with E-state index < -0.39 is 36.5 Å². The van der Waals surface area contributed by atoms with E-state index in [1.54, 1.807) is 0 Å². The first-order valence-electron chi connectivity index (χ1n) is 8.40. The molecule has 0 aromatic rings. The maximum Gasteiger partial charge on any atom is 1.00 e. The third-order valence-corrected chi connectivity index (χ3v) is 4.16. The Hall–Kier alpha value is 0.270. The van der Waals surface area contributed by atoms with Gasteiger partial charge in [-0.15, -0.1) is 0 Å². The number of carbonyl (C=O) groups excluding carboxylic acids is 1. The van der Waals surface area contributed by atoms with Crippen molar-refractivity contribution in [2.75, 3.05) is 6.61 Å². The molecule has 0 saturated carbocycles. The van der Waals surface area contributed by atoms with Gasteiger partial charge in [0.05, 0.1) is 12.6 Å². The molecule has 0 heterocycles. The molecule has 0 aliphatic rings. The summed E-state index contributed by atoms with van der Waals surface area (Å²) in [5.74, 6) is -1.91. The van der Waals surface area contributed by atoms with E-state index in [1.807, 2.05) is 0 Å². The van der Waals surface area contributed by atoms with Gasteiger partial charge < -0.3 is 35.4 Å². The minimum atomic E-state index is -2.65. The first-order valence-corrected chi connectivity index (χ1v) is 8.40. The van der Waals surface area contributed by atoms with Gasteiger partial charge in [0.15, 0.2) is 0 Å². The number of carbonyl (C=O) groups is 1. The van der Waals surface area contributed by atoms with Crippen molar-refractivity contribution in [3.63, 3.8) is 0 Å². The maximum absolute atomic E-state index is 11.1. The Bertz CT molecular complexity index is 330. The molecule has 0 saturated heterocycles. The number of aliphatic hydroxyl groups excluding tert-OH is 4. The van der Waals surface area contributed by atoms with E-state index in [-0.39, 0.29) is 36.0 Å². The zero-order valence-corrected chi connectivity index (χ0v) is 16.9.